The van der Waals surface area contributed by atoms with Crippen molar-refractivity contribution in [2.45, 2.75) is 13.8 Å². The van der Waals surface area contributed by atoms with Gasteiger partial charge in [0.1, 0.15) is 17.5 Å². The van der Waals surface area contributed by atoms with Gasteiger partial charge in [-0.1, -0.05) is 5.16 Å². The molecule has 0 spiro atoms. The van der Waals surface area contributed by atoms with Crippen molar-refractivity contribution in [1.29, 1.82) is 0 Å². The van der Waals surface area contributed by atoms with Gasteiger partial charge in [-0.2, -0.15) is 0 Å². The maximum Gasteiger partial charge on any atom is 0.273 e. The van der Waals surface area contributed by atoms with E-state index in [0.29, 0.717) is 36.3 Å². The summed E-state index contributed by atoms with van der Waals surface area (Å²) < 4.78 is 10.3. The highest BCUT2D eigenvalue weighted by Gasteiger charge is 2.14. The molecule has 1 amide bonds. The SMILES string of the molecule is CCNc1cc(NCCNC(=O)c2cc(-c3ccco3)on2)nc(C)n1. The topological polar surface area (TPSA) is 118 Å². The molecule has 0 saturated heterocycles. The van der Waals surface area contributed by atoms with Crippen LogP contribution in [-0.2, 0) is 0 Å². The first-order valence-electron chi connectivity index (χ1n) is 8.28. The predicted octanol–water partition coefficient (Wildman–Crippen LogP) is 2.31. The highest BCUT2D eigenvalue weighted by Crippen LogP contribution is 2.20. The summed E-state index contributed by atoms with van der Waals surface area (Å²) in [6.45, 7) is 5.53. The van der Waals surface area contributed by atoms with Crippen molar-refractivity contribution in [3.63, 3.8) is 0 Å². The molecule has 9 nitrogen and oxygen atoms in total. The Morgan fingerprint density at radius 1 is 1.12 bits per heavy atom. The summed E-state index contributed by atoms with van der Waals surface area (Å²) in [5.74, 6) is 2.74. The molecule has 3 aromatic heterocycles. The average Bonchev–Trinajstić information content (AvgIpc) is 3.29. The lowest BCUT2D eigenvalue weighted by molar-refractivity contribution is 0.0946. The molecule has 0 radical (unpaired) electrons. The lowest BCUT2D eigenvalue weighted by Crippen LogP contribution is -2.29. The maximum absolute atomic E-state index is 12.1. The molecule has 0 aromatic carbocycles. The van der Waals surface area contributed by atoms with Crippen molar-refractivity contribution in [3.05, 3.63) is 42.0 Å². The van der Waals surface area contributed by atoms with Crippen LogP contribution < -0.4 is 16.0 Å². The molecule has 26 heavy (non-hydrogen) atoms. The van der Waals surface area contributed by atoms with Gasteiger partial charge in [-0.15, -0.1) is 0 Å². The third kappa shape index (κ3) is 4.38. The van der Waals surface area contributed by atoms with Crippen LogP contribution in [0.5, 0.6) is 0 Å². The third-order valence-corrected chi connectivity index (χ3v) is 3.42. The number of nitrogens with one attached hydrogen (secondary N) is 3. The molecular formula is C17H20N6O3. The number of aryl methyl sites for hydroxylation is 1. The maximum atomic E-state index is 12.1. The lowest BCUT2D eigenvalue weighted by Gasteiger charge is -2.09. The molecule has 0 unspecified atom stereocenters. The number of aromatic nitrogens is 3. The summed E-state index contributed by atoms with van der Waals surface area (Å²) in [4.78, 5) is 20.7. The number of amides is 1. The summed E-state index contributed by atoms with van der Waals surface area (Å²) in [6.07, 6.45) is 1.53. The molecule has 3 rings (SSSR count). The Morgan fingerprint density at radius 3 is 2.65 bits per heavy atom. The van der Waals surface area contributed by atoms with Crippen molar-refractivity contribution in [1.82, 2.24) is 20.4 Å². The minimum Gasteiger partial charge on any atom is -0.461 e. The lowest BCUT2D eigenvalue weighted by atomic mass is 10.3. The number of carbonyl (C=O) groups excluding carboxylic acids is 1. The first-order chi connectivity index (χ1) is 12.7. The first-order valence-corrected chi connectivity index (χ1v) is 8.28. The fourth-order valence-corrected chi connectivity index (χ4v) is 2.30. The van der Waals surface area contributed by atoms with E-state index in [1.165, 1.54) is 12.3 Å². The van der Waals surface area contributed by atoms with E-state index in [0.717, 1.165) is 12.4 Å². The summed E-state index contributed by atoms with van der Waals surface area (Å²) in [5, 5.41) is 12.8. The van der Waals surface area contributed by atoms with Crippen LogP contribution in [0.25, 0.3) is 11.5 Å². The summed E-state index contributed by atoms with van der Waals surface area (Å²) in [5.41, 5.74) is 0.198. The van der Waals surface area contributed by atoms with Gasteiger partial charge in [0.25, 0.3) is 5.91 Å². The number of furan rings is 1. The number of hydrogen-bond donors (Lipinski definition) is 3. The summed E-state index contributed by atoms with van der Waals surface area (Å²) >= 11 is 0. The minimum absolute atomic E-state index is 0.198. The molecule has 0 aliphatic rings. The number of anilines is 2. The van der Waals surface area contributed by atoms with Crippen molar-refractivity contribution < 1.29 is 13.7 Å². The van der Waals surface area contributed by atoms with Crippen molar-refractivity contribution in [2.75, 3.05) is 30.3 Å². The Balaban J connectivity index is 1.48. The van der Waals surface area contributed by atoms with E-state index < -0.39 is 0 Å². The van der Waals surface area contributed by atoms with Crippen molar-refractivity contribution in [3.8, 4) is 11.5 Å². The van der Waals surface area contributed by atoms with Gasteiger partial charge in [-0.25, -0.2) is 9.97 Å². The normalized spacial score (nSPS) is 10.5. The number of hydrogen-bond acceptors (Lipinski definition) is 8. The van der Waals surface area contributed by atoms with Gasteiger partial charge in [0, 0.05) is 31.8 Å². The average molecular weight is 356 g/mol. The van der Waals surface area contributed by atoms with Crippen LogP contribution in [-0.4, -0.2) is 40.7 Å². The van der Waals surface area contributed by atoms with Gasteiger partial charge in [0.05, 0.1) is 6.26 Å². The highest BCUT2D eigenvalue weighted by atomic mass is 16.5. The Kier molecular flexibility index (Phi) is 5.47. The quantitative estimate of drug-likeness (QED) is 0.526. The second kappa shape index (κ2) is 8.15. The fourth-order valence-electron chi connectivity index (χ4n) is 2.30. The van der Waals surface area contributed by atoms with E-state index in [4.69, 9.17) is 8.94 Å². The Hall–Kier alpha value is -3.36. The largest absolute Gasteiger partial charge is 0.461 e. The first kappa shape index (κ1) is 17.5. The molecule has 136 valence electrons. The minimum atomic E-state index is -0.319. The Labute approximate surface area is 150 Å². The van der Waals surface area contributed by atoms with Crippen LogP contribution in [0.1, 0.15) is 23.2 Å². The predicted molar refractivity (Wildman–Crippen MR) is 96.0 cm³/mol. The molecule has 3 heterocycles. The zero-order valence-electron chi connectivity index (χ0n) is 14.6. The molecule has 3 N–H and O–H groups in total. The fraction of sp³-hybridized carbons (Fsp3) is 0.294. The second-order valence-corrected chi connectivity index (χ2v) is 5.45. The second-order valence-electron chi connectivity index (χ2n) is 5.45. The smallest absolute Gasteiger partial charge is 0.273 e. The van der Waals surface area contributed by atoms with E-state index in [-0.39, 0.29) is 11.6 Å². The molecule has 3 aromatic rings. The van der Waals surface area contributed by atoms with Crippen molar-refractivity contribution >= 4 is 17.5 Å². The Bertz CT molecular complexity index is 859. The monoisotopic (exact) mass is 356 g/mol. The zero-order chi connectivity index (χ0) is 18.4. The molecule has 0 aliphatic heterocycles. The van der Waals surface area contributed by atoms with E-state index in [2.05, 4.69) is 31.1 Å². The molecule has 0 atom stereocenters. The van der Waals surface area contributed by atoms with Crippen LogP contribution in [0.3, 0.4) is 0 Å². The molecule has 0 fully saturated rings. The molecule has 9 heteroatoms. The standard InChI is InChI=1S/C17H20N6O3/c1-3-18-15-10-16(22-11(2)21-15)19-6-7-20-17(24)12-9-14(26-23-12)13-5-4-8-25-13/h4-5,8-10H,3,6-7H2,1-2H3,(H,20,24)(H2,18,19,21,22). The van der Waals surface area contributed by atoms with E-state index in [9.17, 15) is 4.79 Å². The molecule has 0 bridgehead atoms. The van der Waals surface area contributed by atoms with Crippen LogP contribution in [0, 0.1) is 6.92 Å². The van der Waals surface area contributed by atoms with Crippen molar-refractivity contribution in [2.24, 2.45) is 0 Å². The van der Waals surface area contributed by atoms with Gasteiger partial charge < -0.3 is 24.9 Å². The van der Waals surface area contributed by atoms with E-state index in [1.807, 2.05) is 19.9 Å². The van der Waals surface area contributed by atoms with Gasteiger partial charge in [-0.05, 0) is 26.0 Å². The summed E-state index contributed by atoms with van der Waals surface area (Å²) in [7, 11) is 0. The number of nitrogens with zero attached hydrogens (tertiary/aromatic N) is 3. The summed E-state index contributed by atoms with van der Waals surface area (Å²) in [6, 6.07) is 6.83. The van der Waals surface area contributed by atoms with Gasteiger partial charge in [0.2, 0.25) is 5.76 Å². The van der Waals surface area contributed by atoms with Gasteiger partial charge in [-0.3, -0.25) is 4.79 Å². The van der Waals surface area contributed by atoms with Crippen LogP contribution >= 0.6 is 0 Å². The van der Waals surface area contributed by atoms with Crippen LogP contribution in [0.2, 0.25) is 0 Å². The van der Waals surface area contributed by atoms with Crippen LogP contribution in [0.4, 0.5) is 11.6 Å². The molecular weight excluding hydrogens is 336 g/mol. The van der Waals surface area contributed by atoms with Gasteiger partial charge in [0.15, 0.2) is 11.5 Å². The van der Waals surface area contributed by atoms with Gasteiger partial charge >= 0.3 is 0 Å². The molecule has 0 aliphatic carbocycles. The third-order valence-electron chi connectivity index (χ3n) is 3.42. The Morgan fingerprint density at radius 2 is 1.92 bits per heavy atom. The van der Waals surface area contributed by atoms with E-state index >= 15 is 0 Å². The number of rotatable bonds is 8. The molecule has 0 saturated carbocycles. The highest BCUT2D eigenvalue weighted by molar-refractivity contribution is 5.92. The van der Waals surface area contributed by atoms with E-state index in [1.54, 1.807) is 12.1 Å². The number of carbonyl (C=O) groups is 1. The van der Waals surface area contributed by atoms with Crippen LogP contribution in [0.15, 0.2) is 39.5 Å². The zero-order valence-corrected chi connectivity index (χ0v) is 14.6.